The minimum Gasteiger partial charge on any atom is -0.396 e. The molecule has 0 aliphatic rings. The molecule has 19 heavy (non-hydrogen) atoms. The second-order valence-corrected chi connectivity index (χ2v) is 4.10. The predicted octanol–water partition coefficient (Wildman–Crippen LogP) is 0.769. The standard InChI is InChI=1S/C11H14FN3O4/c1-6(5-16)14(2)11(17)7-3-9(13)8(12)4-10(7)15(18)19/h3-4,6,16H,5,13H2,1-2H3. The zero-order chi connectivity index (χ0) is 14.7. The molecule has 8 heteroatoms. The number of nitro benzene ring substituents is 1. The van der Waals surface area contributed by atoms with Crippen molar-refractivity contribution in [2.75, 3.05) is 19.4 Å². The highest BCUT2D eigenvalue weighted by atomic mass is 19.1. The molecule has 0 aliphatic heterocycles. The molecular weight excluding hydrogens is 257 g/mol. The molecule has 0 aromatic heterocycles. The maximum Gasteiger partial charge on any atom is 0.285 e. The molecule has 0 saturated carbocycles. The Labute approximate surface area is 108 Å². The van der Waals surface area contributed by atoms with Crippen LogP contribution in [0.15, 0.2) is 12.1 Å². The van der Waals surface area contributed by atoms with Crippen LogP contribution in [0.25, 0.3) is 0 Å². The van der Waals surface area contributed by atoms with Crippen LogP contribution < -0.4 is 5.73 Å². The fourth-order valence-electron chi connectivity index (χ4n) is 1.41. The van der Waals surface area contributed by atoms with Gasteiger partial charge < -0.3 is 15.7 Å². The first-order chi connectivity index (χ1) is 8.79. The van der Waals surface area contributed by atoms with Gasteiger partial charge in [-0.2, -0.15) is 0 Å². The molecule has 1 aromatic carbocycles. The Morgan fingerprint density at radius 1 is 1.63 bits per heavy atom. The zero-order valence-corrected chi connectivity index (χ0v) is 10.5. The molecule has 0 spiro atoms. The van der Waals surface area contributed by atoms with Crippen molar-refractivity contribution in [2.24, 2.45) is 0 Å². The fourth-order valence-corrected chi connectivity index (χ4v) is 1.41. The molecule has 0 radical (unpaired) electrons. The molecular formula is C11H14FN3O4. The van der Waals surface area contributed by atoms with Crippen molar-refractivity contribution < 1.29 is 19.2 Å². The summed E-state index contributed by atoms with van der Waals surface area (Å²) in [5, 5.41) is 19.8. The predicted molar refractivity (Wildman–Crippen MR) is 66.1 cm³/mol. The summed E-state index contributed by atoms with van der Waals surface area (Å²) in [6.45, 7) is 1.27. The normalized spacial score (nSPS) is 12.0. The van der Waals surface area contributed by atoms with Crippen LogP contribution in [0.1, 0.15) is 17.3 Å². The summed E-state index contributed by atoms with van der Waals surface area (Å²) in [7, 11) is 1.38. The van der Waals surface area contributed by atoms with E-state index in [9.17, 15) is 19.3 Å². The highest BCUT2D eigenvalue weighted by Crippen LogP contribution is 2.25. The van der Waals surface area contributed by atoms with Gasteiger partial charge in [0.05, 0.1) is 29.3 Å². The number of nitrogen functional groups attached to an aromatic ring is 1. The second-order valence-electron chi connectivity index (χ2n) is 4.10. The van der Waals surface area contributed by atoms with Gasteiger partial charge in [-0.15, -0.1) is 0 Å². The quantitative estimate of drug-likeness (QED) is 0.477. The summed E-state index contributed by atoms with van der Waals surface area (Å²) < 4.78 is 13.2. The largest absolute Gasteiger partial charge is 0.396 e. The van der Waals surface area contributed by atoms with E-state index < -0.39 is 28.4 Å². The first-order valence-electron chi connectivity index (χ1n) is 5.41. The number of hydrogen-bond acceptors (Lipinski definition) is 5. The molecule has 0 saturated heterocycles. The van der Waals surface area contributed by atoms with Crippen molar-refractivity contribution in [1.29, 1.82) is 0 Å². The number of carbonyl (C=O) groups is 1. The van der Waals surface area contributed by atoms with Gasteiger partial charge in [0.1, 0.15) is 5.56 Å². The van der Waals surface area contributed by atoms with Gasteiger partial charge in [-0.05, 0) is 13.0 Å². The van der Waals surface area contributed by atoms with Crippen LogP contribution in [0.5, 0.6) is 0 Å². The van der Waals surface area contributed by atoms with Crippen molar-refractivity contribution in [3.05, 3.63) is 33.6 Å². The fraction of sp³-hybridized carbons (Fsp3) is 0.364. The van der Waals surface area contributed by atoms with E-state index in [-0.39, 0.29) is 17.9 Å². The number of aliphatic hydroxyl groups excluding tert-OH is 1. The highest BCUT2D eigenvalue weighted by Gasteiger charge is 2.27. The number of rotatable bonds is 4. The second kappa shape index (κ2) is 5.61. The van der Waals surface area contributed by atoms with E-state index in [1.807, 2.05) is 0 Å². The topological polar surface area (TPSA) is 110 Å². The maximum atomic E-state index is 13.2. The van der Waals surface area contributed by atoms with Gasteiger partial charge in [0.15, 0.2) is 5.82 Å². The Morgan fingerprint density at radius 3 is 2.68 bits per heavy atom. The lowest BCUT2D eigenvalue weighted by Crippen LogP contribution is -2.37. The molecule has 1 atom stereocenters. The van der Waals surface area contributed by atoms with Crippen LogP contribution in [-0.4, -0.2) is 40.5 Å². The van der Waals surface area contributed by atoms with Crippen molar-refractivity contribution in [3.8, 4) is 0 Å². The third-order valence-corrected chi connectivity index (χ3v) is 2.79. The lowest BCUT2D eigenvalue weighted by molar-refractivity contribution is -0.385. The minimum absolute atomic E-state index is 0.299. The van der Waals surface area contributed by atoms with Crippen molar-refractivity contribution in [2.45, 2.75) is 13.0 Å². The average molecular weight is 271 g/mol. The van der Waals surface area contributed by atoms with Crippen molar-refractivity contribution >= 4 is 17.3 Å². The molecule has 1 unspecified atom stereocenters. The SMILES string of the molecule is CC(CO)N(C)C(=O)c1cc(N)c(F)cc1[N+](=O)[O-]. The van der Waals surface area contributed by atoms with Crippen LogP contribution in [-0.2, 0) is 0 Å². The molecule has 1 aromatic rings. The van der Waals surface area contributed by atoms with Crippen LogP contribution in [0.4, 0.5) is 15.8 Å². The van der Waals surface area contributed by atoms with Crippen molar-refractivity contribution in [1.82, 2.24) is 4.90 Å². The summed E-state index contributed by atoms with van der Waals surface area (Å²) >= 11 is 0. The zero-order valence-electron chi connectivity index (χ0n) is 10.5. The van der Waals surface area contributed by atoms with E-state index in [0.717, 1.165) is 11.0 Å². The number of likely N-dealkylation sites (N-methyl/N-ethyl adjacent to an activating group) is 1. The Balaban J connectivity index is 3.29. The van der Waals surface area contributed by atoms with Gasteiger partial charge in [-0.25, -0.2) is 4.39 Å². The summed E-state index contributed by atoms with van der Waals surface area (Å²) in [5.74, 6) is -1.67. The molecule has 7 nitrogen and oxygen atoms in total. The molecule has 1 rings (SSSR count). The van der Waals surface area contributed by atoms with Gasteiger partial charge in [-0.1, -0.05) is 0 Å². The Hall–Kier alpha value is -2.22. The number of nitrogens with two attached hydrogens (primary N) is 1. The summed E-state index contributed by atoms with van der Waals surface area (Å²) in [6, 6.07) is 1.01. The third kappa shape index (κ3) is 2.97. The number of nitro groups is 1. The highest BCUT2D eigenvalue weighted by molar-refractivity contribution is 5.99. The summed E-state index contributed by atoms with van der Waals surface area (Å²) in [4.78, 5) is 23.2. The number of halogens is 1. The molecule has 0 aliphatic carbocycles. The smallest absolute Gasteiger partial charge is 0.285 e. The third-order valence-electron chi connectivity index (χ3n) is 2.79. The van der Waals surface area contributed by atoms with Gasteiger partial charge in [0, 0.05) is 7.05 Å². The van der Waals surface area contributed by atoms with Gasteiger partial charge >= 0.3 is 0 Å². The average Bonchev–Trinajstić information content (AvgIpc) is 2.38. The van der Waals surface area contributed by atoms with E-state index in [1.54, 1.807) is 6.92 Å². The number of carbonyl (C=O) groups excluding carboxylic acids is 1. The lowest BCUT2D eigenvalue weighted by atomic mass is 10.1. The minimum atomic E-state index is -0.957. The molecule has 1 amide bonds. The maximum absolute atomic E-state index is 13.2. The number of hydrogen-bond donors (Lipinski definition) is 2. The number of aliphatic hydroxyl groups is 1. The van der Waals surface area contributed by atoms with Gasteiger partial charge in [0.2, 0.25) is 0 Å². The Morgan fingerprint density at radius 2 is 2.21 bits per heavy atom. The van der Waals surface area contributed by atoms with Crippen LogP contribution in [0, 0.1) is 15.9 Å². The Kier molecular flexibility index (Phi) is 4.38. The van der Waals surface area contributed by atoms with E-state index in [4.69, 9.17) is 10.8 Å². The monoisotopic (exact) mass is 271 g/mol. The molecule has 3 N–H and O–H groups in total. The van der Waals surface area contributed by atoms with E-state index >= 15 is 0 Å². The molecule has 104 valence electrons. The van der Waals surface area contributed by atoms with Gasteiger partial charge in [0.25, 0.3) is 11.6 Å². The molecule has 0 heterocycles. The van der Waals surface area contributed by atoms with Crippen LogP contribution in [0.2, 0.25) is 0 Å². The lowest BCUT2D eigenvalue weighted by Gasteiger charge is -2.23. The number of nitrogens with zero attached hydrogens (tertiary/aromatic N) is 2. The first-order valence-corrected chi connectivity index (χ1v) is 5.41. The van der Waals surface area contributed by atoms with Crippen LogP contribution >= 0.6 is 0 Å². The van der Waals surface area contributed by atoms with E-state index in [1.165, 1.54) is 7.05 Å². The molecule has 0 bridgehead atoms. The van der Waals surface area contributed by atoms with E-state index in [0.29, 0.717) is 6.07 Å². The number of anilines is 1. The summed E-state index contributed by atoms with van der Waals surface area (Å²) in [5.41, 5.74) is 4.00. The van der Waals surface area contributed by atoms with Gasteiger partial charge in [-0.3, -0.25) is 14.9 Å². The van der Waals surface area contributed by atoms with Crippen molar-refractivity contribution in [3.63, 3.8) is 0 Å². The Bertz CT molecular complexity index is 521. The first kappa shape index (κ1) is 14.8. The summed E-state index contributed by atoms with van der Waals surface area (Å²) in [6.07, 6.45) is 0. The number of benzene rings is 1. The van der Waals surface area contributed by atoms with E-state index in [2.05, 4.69) is 0 Å². The number of amides is 1. The van der Waals surface area contributed by atoms with Crippen LogP contribution in [0.3, 0.4) is 0 Å². The molecule has 0 fully saturated rings.